The molecule has 1 aliphatic heterocycles. The third kappa shape index (κ3) is 3.67. The molecule has 0 aromatic carbocycles. The summed E-state index contributed by atoms with van der Waals surface area (Å²) in [5, 5.41) is 3.04. The molecule has 0 radical (unpaired) electrons. The van der Waals surface area contributed by atoms with Crippen LogP contribution in [0.4, 0.5) is 0 Å². The monoisotopic (exact) mass is 257 g/mol. The second-order valence-corrected chi connectivity index (χ2v) is 5.71. The van der Waals surface area contributed by atoms with Crippen molar-refractivity contribution in [1.29, 1.82) is 0 Å². The lowest BCUT2D eigenvalue weighted by Crippen LogP contribution is -2.57. The Morgan fingerprint density at radius 1 is 1.50 bits per heavy atom. The lowest BCUT2D eigenvalue weighted by atomic mass is 9.92. The molecule has 0 aromatic rings. The fourth-order valence-electron chi connectivity index (χ4n) is 2.62. The zero-order valence-electron chi connectivity index (χ0n) is 12.2. The molecule has 1 aliphatic rings. The average Bonchev–Trinajstić information content (AvgIpc) is 2.27. The topological polar surface area (TPSA) is 67.6 Å². The normalized spacial score (nSPS) is 30.7. The highest BCUT2D eigenvalue weighted by Gasteiger charge is 2.34. The Hall–Kier alpha value is -0.650. The maximum absolute atomic E-state index is 11.5. The minimum atomic E-state index is -0.649. The second-order valence-electron chi connectivity index (χ2n) is 5.71. The van der Waals surface area contributed by atoms with E-state index in [2.05, 4.69) is 31.0 Å². The number of nitrogens with one attached hydrogen (secondary N) is 1. The number of hydrogen-bond acceptors (Lipinski definition) is 4. The van der Waals surface area contributed by atoms with Crippen LogP contribution >= 0.6 is 0 Å². The Bertz CT molecular complexity index is 288. The number of ether oxygens (including phenoxy) is 1. The van der Waals surface area contributed by atoms with Crippen LogP contribution in [0, 0.1) is 0 Å². The number of amides is 1. The first-order valence-electron chi connectivity index (χ1n) is 6.67. The number of primary amides is 1. The summed E-state index contributed by atoms with van der Waals surface area (Å²) in [5.74, 6) is -0.300. The Morgan fingerprint density at radius 2 is 2.00 bits per heavy atom. The molecule has 1 fully saturated rings. The molecule has 1 amide bonds. The van der Waals surface area contributed by atoms with Crippen molar-refractivity contribution in [2.24, 2.45) is 5.73 Å². The molecule has 4 atom stereocenters. The fraction of sp³-hybridized carbons (Fsp3) is 0.923. The molecule has 2 unspecified atom stereocenters. The Labute approximate surface area is 110 Å². The number of carbonyl (C=O) groups is 1. The Kier molecular flexibility index (Phi) is 5.13. The van der Waals surface area contributed by atoms with Crippen LogP contribution in [0.5, 0.6) is 0 Å². The number of hydrogen-bond donors (Lipinski definition) is 2. The number of nitrogens with zero attached hydrogens (tertiary/aromatic N) is 1. The van der Waals surface area contributed by atoms with Crippen molar-refractivity contribution in [3.05, 3.63) is 0 Å². The third-order valence-electron chi connectivity index (χ3n) is 3.87. The lowest BCUT2D eigenvalue weighted by molar-refractivity contribution is -0.125. The van der Waals surface area contributed by atoms with Crippen LogP contribution in [-0.4, -0.2) is 54.7 Å². The van der Waals surface area contributed by atoms with Gasteiger partial charge < -0.3 is 15.8 Å². The van der Waals surface area contributed by atoms with E-state index in [-0.39, 0.29) is 18.1 Å². The summed E-state index contributed by atoms with van der Waals surface area (Å²) in [4.78, 5) is 13.9. The number of likely N-dealkylation sites (N-methyl/N-ethyl adjacent to an activating group) is 1. The Morgan fingerprint density at radius 3 is 2.39 bits per heavy atom. The number of rotatable bonds is 5. The van der Waals surface area contributed by atoms with Gasteiger partial charge in [-0.25, -0.2) is 0 Å². The van der Waals surface area contributed by atoms with E-state index < -0.39 is 5.54 Å². The van der Waals surface area contributed by atoms with Gasteiger partial charge in [0.2, 0.25) is 5.91 Å². The van der Waals surface area contributed by atoms with Crippen LogP contribution in [0.2, 0.25) is 0 Å². The van der Waals surface area contributed by atoms with E-state index in [4.69, 9.17) is 10.5 Å². The van der Waals surface area contributed by atoms with Crippen molar-refractivity contribution < 1.29 is 9.53 Å². The quantitative estimate of drug-likeness (QED) is 0.745. The SMILES string of the molecule is CNC(C)(CC(C)N1C[C@@H](C)O[C@@H](C)C1)C(N)=O. The minimum absolute atomic E-state index is 0.241. The van der Waals surface area contributed by atoms with Crippen molar-refractivity contribution in [2.45, 2.75) is 57.9 Å². The van der Waals surface area contributed by atoms with Gasteiger partial charge in [0.1, 0.15) is 0 Å². The summed E-state index contributed by atoms with van der Waals surface area (Å²) in [7, 11) is 1.78. The highest BCUT2D eigenvalue weighted by molar-refractivity contribution is 5.84. The molecule has 3 N–H and O–H groups in total. The molecular formula is C13H27N3O2. The van der Waals surface area contributed by atoms with Crippen molar-refractivity contribution in [2.75, 3.05) is 20.1 Å². The number of morpholine rings is 1. The largest absolute Gasteiger partial charge is 0.373 e. The molecule has 0 saturated carbocycles. The minimum Gasteiger partial charge on any atom is -0.373 e. The maximum Gasteiger partial charge on any atom is 0.237 e. The van der Waals surface area contributed by atoms with Gasteiger partial charge in [-0.05, 0) is 41.2 Å². The van der Waals surface area contributed by atoms with Crippen molar-refractivity contribution in [3.63, 3.8) is 0 Å². The molecule has 0 aromatic heterocycles. The van der Waals surface area contributed by atoms with Crippen molar-refractivity contribution in [3.8, 4) is 0 Å². The van der Waals surface area contributed by atoms with Crippen LogP contribution in [0.3, 0.4) is 0 Å². The molecule has 1 rings (SSSR count). The molecule has 106 valence electrons. The van der Waals surface area contributed by atoms with Crippen LogP contribution < -0.4 is 11.1 Å². The van der Waals surface area contributed by atoms with E-state index >= 15 is 0 Å². The predicted molar refractivity (Wildman–Crippen MR) is 72.3 cm³/mol. The smallest absolute Gasteiger partial charge is 0.237 e. The average molecular weight is 257 g/mol. The molecule has 0 aliphatic carbocycles. The lowest BCUT2D eigenvalue weighted by Gasteiger charge is -2.41. The summed E-state index contributed by atoms with van der Waals surface area (Å²) in [5.41, 5.74) is 4.82. The van der Waals surface area contributed by atoms with Gasteiger partial charge in [0.25, 0.3) is 0 Å². The Balaban J connectivity index is 2.64. The van der Waals surface area contributed by atoms with Crippen LogP contribution in [-0.2, 0) is 9.53 Å². The van der Waals surface area contributed by atoms with Crippen LogP contribution in [0.15, 0.2) is 0 Å². The fourth-order valence-corrected chi connectivity index (χ4v) is 2.62. The predicted octanol–water partition coefficient (Wildman–Crippen LogP) is 0.338. The van der Waals surface area contributed by atoms with Crippen molar-refractivity contribution in [1.82, 2.24) is 10.2 Å². The zero-order valence-corrected chi connectivity index (χ0v) is 12.2. The first-order valence-corrected chi connectivity index (χ1v) is 6.67. The van der Waals surface area contributed by atoms with Gasteiger partial charge in [-0.15, -0.1) is 0 Å². The van der Waals surface area contributed by atoms with Crippen LogP contribution in [0.1, 0.15) is 34.1 Å². The number of carbonyl (C=O) groups excluding carboxylic acids is 1. The molecular weight excluding hydrogens is 230 g/mol. The molecule has 1 saturated heterocycles. The van der Waals surface area contributed by atoms with E-state index in [0.29, 0.717) is 12.5 Å². The molecule has 5 nitrogen and oxygen atoms in total. The van der Waals surface area contributed by atoms with E-state index in [1.807, 2.05) is 6.92 Å². The van der Waals surface area contributed by atoms with Crippen molar-refractivity contribution >= 4 is 5.91 Å². The highest BCUT2D eigenvalue weighted by atomic mass is 16.5. The van der Waals surface area contributed by atoms with Gasteiger partial charge in [-0.3, -0.25) is 9.69 Å². The first-order chi connectivity index (χ1) is 8.28. The summed E-state index contributed by atoms with van der Waals surface area (Å²) in [6.07, 6.45) is 1.19. The van der Waals surface area contributed by atoms with E-state index in [1.165, 1.54) is 0 Å². The van der Waals surface area contributed by atoms with Gasteiger partial charge >= 0.3 is 0 Å². The summed E-state index contributed by atoms with van der Waals surface area (Å²) >= 11 is 0. The standard InChI is InChI=1S/C13H27N3O2/c1-9(6-13(4,15-5)12(14)17)16-7-10(2)18-11(3)8-16/h9-11,15H,6-8H2,1-5H3,(H2,14,17)/t9?,10-,11+,13?. The van der Waals surface area contributed by atoms with E-state index in [0.717, 1.165) is 13.1 Å². The molecule has 0 spiro atoms. The zero-order chi connectivity index (χ0) is 13.9. The van der Waals surface area contributed by atoms with Gasteiger partial charge in [0.15, 0.2) is 0 Å². The van der Waals surface area contributed by atoms with E-state index in [9.17, 15) is 4.79 Å². The molecule has 18 heavy (non-hydrogen) atoms. The van der Waals surface area contributed by atoms with E-state index in [1.54, 1.807) is 7.05 Å². The second kappa shape index (κ2) is 5.99. The summed E-state index contributed by atoms with van der Waals surface area (Å²) < 4.78 is 5.72. The summed E-state index contributed by atoms with van der Waals surface area (Å²) in [6, 6.07) is 0.295. The maximum atomic E-state index is 11.5. The van der Waals surface area contributed by atoms with Crippen LogP contribution in [0.25, 0.3) is 0 Å². The van der Waals surface area contributed by atoms with Gasteiger partial charge in [-0.1, -0.05) is 0 Å². The summed E-state index contributed by atoms with van der Waals surface area (Å²) in [6.45, 7) is 9.98. The van der Waals surface area contributed by atoms with Gasteiger partial charge in [0.05, 0.1) is 17.7 Å². The number of nitrogens with two attached hydrogens (primary N) is 1. The highest BCUT2D eigenvalue weighted by Crippen LogP contribution is 2.20. The molecule has 5 heteroatoms. The molecule has 0 bridgehead atoms. The van der Waals surface area contributed by atoms with Gasteiger partial charge in [-0.2, -0.15) is 0 Å². The third-order valence-corrected chi connectivity index (χ3v) is 3.87. The molecule has 1 heterocycles. The first kappa shape index (κ1) is 15.4. The van der Waals surface area contributed by atoms with Gasteiger partial charge in [0, 0.05) is 19.1 Å².